The van der Waals surface area contributed by atoms with Gasteiger partial charge in [0.2, 0.25) is 5.91 Å². The van der Waals surface area contributed by atoms with Crippen molar-refractivity contribution in [3.8, 4) is 0 Å². The Morgan fingerprint density at radius 3 is 2.72 bits per heavy atom. The van der Waals surface area contributed by atoms with E-state index in [2.05, 4.69) is 6.08 Å². The molecule has 0 unspecified atom stereocenters. The molecule has 1 aliphatic carbocycles. The van der Waals surface area contributed by atoms with Crippen molar-refractivity contribution in [2.75, 3.05) is 26.7 Å². The van der Waals surface area contributed by atoms with Crippen LogP contribution in [-0.4, -0.2) is 53.1 Å². The minimum atomic E-state index is -0.592. The Morgan fingerprint density at radius 2 is 2.22 bits per heavy atom. The number of likely N-dealkylation sites (tertiary alicyclic amines) is 1. The molecule has 0 spiro atoms. The maximum absolute atomic E-state index is 12.1. The van der Waals surface area contributed by atoms with Crippen molar-refractivity contribution in [2.45, 2.75) is 38.7 Å². The van der Waals surface area contributed by atoms with Gasteiger partial charge in [-0.2, -0.15) is 0 Å². The third kappa shape index (κ3) is 2.59. The second kappa shape index (κ2) is 5.02. The lowest BCUT2D eigenvalue weighted by atomic mass is 9.83. The first kappa shape index (κ1) is 13.6. The van der Waals surface area contributed by atoms with Gasteiger partial charge >= 0.3 is 0 Å². The van der Waals surface area contributed by atoms with Gasteiger partial charge in [0, 0.05) is 25.8 Å². The second-order valence-corrected chi connectivity index (χ2v) is 5.94. The number of carbonyl (C=O) groups excluding carboxylic acids is 1. The fraction of sp³-hybridized carbons (Fsp3) is 0.786. The van der Waals surface area contributed by atoms with Gasteiger partial charge in [-0.1, -0.05) is 19.9 Å². The van der Waals surface area contributed by atoms with Gasteiger partial charge in [0.25, 0.3) is 0 Å². The molecule has 2 rings (SSSR count). The maximum Gasteiger partial charge on any atom is 0.240 e. The predicted molar refractivity (Wildman–Crippen MR) is 70.9 cm³/mol. The lowest BCUT2D eigenvalue weighted by Gasteiger charge is -2.49. The van der Waals surface area contributed by atoms with Crippen molar-refractivity contribution in [1.82, 2.24) is 9.80 Å². The van der Waals surface area contributed by atoms with Gasteiger partial charge in [0.1, 0.15) is 0 Å². The van der Waals surface area contributed by atoms with Gasteiger partial charge < -0.3 is 10.0 Å². The molecule has 0 bridgehead atoms. The van der Waals surface area contributed by atoms with Crippen molar-refractivity contribution in [3.63, 3.8) is 0 Å². The maximum atomic E-state index is 12.1. The molecule has 1 N–H and O–H groups in total. The van der Waals surface area contributed by atoms with Gasteiger partial charge in [-0.3, -0.25) is 9.69 Å². The Kier molecular flexibility index (Phi) is 3.78. The molecule has 0 aromatic carbocycles. The minimum absolute atomic E-state index is 0.133. The zero-order valence-electron chi connectivity index (χ0n) is 11.6. The molecule has 0 aromatic rings. The summed E-state index contributed by atoms with van der Waals surface area (Å²) in [5, 5.41) is 10.1. The van der Waals surface area contributed by atoms with Crippen LogP contribution in [0.4, 0.5) is 0 Å². The Hall–Kier alpha value is -0.870. The molecule has 18 heavy (non-hydrogen) atoms. The third-order valence-corrected chi connectivity index (χ3v) is 4.25. The smallest absolute Gasteiger partial charge is 0.240 e. The molecule has 1 fully saturated rings. The summed E-state index contributed by atoms with van der Waals surface area (Å²) in [7, 11) is 1.86. The van der Waals surface area contributed by atoms with E-state index in [0.29, 0.717) is 19.6 Å². The van der Waals surface area contributed by atoms with E-state index in [9.17, 15) is 9.90 Å². The van der Waals surface area contributed by atoms with Gasteiger partial charge in [-0.15, -0.1) is 0 Å². The number of rotatable bonds is 4. The summed E-state index contributed by atoms with van der Waals surface area (Å²) in [6, 6.07) is 0. The summed E-state index contributed by atoms with van der Waals surface area (Å²) in [5.74, 6) is 0.382. The average Bonchev–Trinajstić information content (AvgIpc) is 2.78. The molecule has 4 heteroatoms. The molecule has 1 aliphatic heterocycles. The van der Waals surface area contributed by atoms with Crippen LogP contribution in [0.2, 0.25) is 0 Å². The largest absolute Gasteiger partial charge is 0.387 e. The van der Waals surface area contributed by atoms with Crippen molar-refractivity contribution in [2.24, 2.45) is 5.92 Å². The van der Waals surface area contributed by atoms with Crippen molar-refractivity contribution < 1.29 is 9.90 Å². The van der Waals surface area contributed by atoms with Gasteiger partial charge in [0.15, 0.2) is 0 Å². The topological polar surface area (TPSA) is 43.8 Å². The summed E-state index contributed by atoms with van der Waals surface area (Å²) >= 11 is 0. The van der Waals surface area contributed by atoms with Crippen LogP contribution in [0, 0.1) is 5.92 Å². The number of nitrogens with zero attached hydrogens (tertiary/aromatic N) is 2. The van der Waals surface area contributed by atoms with E-state index in [1.54, 1.807) is 4.90 Å². The van der Waals surface area contributed by atoms with Crippen LogP contribution in [0.3, 0.4) is 0 Å². The zero-order chi connectivity index (χ0) is 13.3. The van der Waals surface area contributed by atoms with E-state index in [4.69, 9.17) is 0 Å². The summed E-state index contributed by atoms with van der Waals surface area (Å²) in [6.45, 7) is 5.69. The number of likely N-dealkylation sites (N-methyl/N-ethyl adjacent to an activating group) is 1. The SMILES string of the molecule is CC(C)C1(O)CN(CC(=O)N(C)C2=CCCC2)C1. The molecule has 2 aliphatic rings. The van der Waals surface area contributed by atoms with Crippen molar-refractivity contribution in [1.29, 1.82) is 0 Å². The van der Waals surface area contributed by atoms with E-state index in [1.165, 1.54) is 0 Å². The molecular formula is C14H24N2O2. The summed E-state index contributed by atoms with van der Waals surface area (Å²) < 4.78 is 0. The molecule has 1 saturated heterocycles. The summed E-state index contributed by atoms with van der Waals surface area (Å²) in [4.78, 5) is 15.9. The first-order chi connectivity index (χ1) is 8.42. The van der Waals surface area contributed by atoms with Crippen LogP contribution in [-0.2, 0) is 4.79 Å². The van der Waals surface area contributed by atoms with Gasteiger partial charge in [-0.05, 0) is 25.2 Å². The van der Waals surface area contributed by atoms with Crippen LogP contribution in [0.25, 0.3) is 0 Å². The molecule has 4 nitrogen and oxygen atoms in total. The highest BCUT2D eigenvalue weighted by atomic mass is 16.3. The predicted octanol–water partition coefficient (Wildman–Crippen LogP) is 1.22. The highest BCUT2D eigenvalue weighted by molar-refractivity contribution is 5.80. The van der Waals surface area contributed by atoms with Crippen LogP contribution in [0.5, 0.6) is 0 Å². The first-order valence-corrected chi connectivity index (χ1v) is 6.83. The monoisotopic (exact) mass is 252 g/mol. The Morgan fingerprint density at radius 1 is 1.56 bits per heavy atom. The normalized spacial score (nSPS) is 22.8. The Balaban J connectivity index is 1.80. The van der Waals surface area contributed by atoms with Crippen LogP contribution in [0.1, 0.15) is 33.1 Å². The van der Waals surface area contributed by atoms with Crippen LogP contribution >= 0.6 is 0 Å². The molecule has 0 saturated carbocycles. The van der Waals surface area contributed by atoms with E-state index >= 15 is 0 Å². The zero-order valence-corrected chi connectivity index (χ0v) is 11.6. The Labute approximate surface area is 109 Å². The second-order valence-electron chi connectivity index (χ2n) is 5.94. The first-order valence-electron chi connectivity index (χ1n) is 6.83. The third-order valence-electron chi connectivity index (χ3n) is 4.25. The average molecular weight is 252 g/mol. The molecular weight excluding hydrogens is 228 g/mol. The van der Waals surface area contributed by atoms with E-state index < -0.39 is 5.60 Å². The number of allylic oxidation sites excluding steroid dienone is 2. The quantitative estimate of drug-likeness (QED) is 0.818. The van der Waals surface area contributed by atoms with Crippen LogP contribution < -0.4 is 0 Å². The van der Waals surface area contributed by atoms with Crippen LogP contribution in [0.15, 0.2) is 11.8 Å². The molecule has 0 atom stereocenters. The number of hydrogen-bond acceptors (Lipinski definition) is 3. The number of β-amino-alcohol motifs (C(OH)–C–C–N with tert-alkyl or cyclic N) is 1. The lowest BCUT2D eigenvalue weighted by Crippen LogP contribution is -2.65. The molecule has 0 radical (unpaired) electrons. The van der Waals surface area contributed by atoms with Crippen molar-refractivity contribution >= 4 is 5.91 Å². The van der Waals surface area contributed by atoms with E-state index in [0.717, 1.165) is 25.0 Å². The summed E-state index contributed by atoms with van der Waals surface area (Å²) in [6.07, 6.45) is 5.41. The standard InChI is InChI=1S/C14H24N2O2/c1-11(2)14(18)9-16(10-14)8-13(17)15(3)12-6-4-5-7-12/h6,11,18H,4-5,7-10H2,1-3H3. The highest BCUT2D eigenvalue weighted by Gasteiger charge is 2.44. The van der Waals surface area contributed by atoms with Crippen molar-refractivity contribution in [3.05, 3.63) is 11.8 Å². The lowest BCUT2D eigenvalue weighted by molar-refractivity contribution is -0.147. The fourth-order valence-electron chi connectivity index (χ4n) is 2.62. The van der Waals surface area contributed by atoms with Gasteiger partial charge in [-0.25, -0.2) is 0 Å². The molecule has 102 valence electrons. The number of aliphatic hydroxyl groups is 1. The van der Waals surface area contributed by atoms with Gasteiger partial charge in [0.05, 0.1) is 12.1 Å². The molecule has 1 amide bonds. The Bertz CT molecular complexity index is 357. The van der Waals surface area contributed by atoms with E-state index in [-0.39, 0.29) is 11.8 Å². The number of amides is 1. The number of hydrogen-bond donors (Lipinski definition) is 1. The highest BCUT2D eigenvalue weighted by Crippen LogP contribution is 2.28. The molecule has 0 aromatic heterocycles. The minimum Gasteiger partial charge on any atom is -0.387 e. The fourth-order valence-corrected chi connectivity index (χ4v) is 2.62. The van der Waals surface area contributed by atoms with E-state index in [1.807, 2.05) is 25.8 Å². The molecule has 1 heterocycles. The number of carbonyl (C=O) groups is 1. The summed E-state index contributed by atoms with van der Waals surface area (Å²) in [5.41, 5.74) is 0.561.